The minimum atomic E-state index is -0.729. The molecule has 90 valence electrons. The standard InChI is InChI=1S/C12H24O3/c1-10(2)7-9-15-12(3,4)8-5-6-11(13)14/h10H,5-9H2,1-4H3,(H,13,14). The lowest BCUT2D eigenvalue weighted by molar-refractivity contribution is -0.137. The van der Waals surface area contributed by atoms with E-state index in [2.05, 4.69) is 13.8 Å². The maximum absolute atomic E-state index is 10.3. The van der Waals surface area contributed by atoms with E-state index in [0.29, 0.717) is 12.3 Å². The minimum Gasteiger partial charge on any atom is -0.481 e. The molecule has 0 aromatic rings. The van der Waals surface area contributed by atoms with Gasteiger partial charge in [0.25, 0.3) is 0 Å². The van der Waals surface area contributed by atoms with Crippen molar-refractivity contribution in [1.82, 2.24) is 0 Å². The average molecular weight is 216 g/mol. The van der Waals surface area contributed by atoms with Gasteiger partial charge in [0.1, 0.15) is 0 Å². The van der Waals surface area contributed by atoms with E-state index in [-0.39, 0.29) is 12.0 Å². The molecule has 0 aromatic heterocycles. The van der Waals surface area contributed by atoms with Crippen molar-refractivity contribution in [3.63, 3.8) is 0 Å². The molecule has 0 aliphatic carbocycles. The van der Waals surface area contributed by atoms with Gasteiger partial charge in [0, 0.05) is 13.0 Å². The molecule has 0 saturated carbocycles. The van der Waals surface area contributed by atoms with Crippen LogP contribution in [0.2, 0.25) is 0 Å². The van der Waals surface area contributed by atoms with Crippen LogP contribution in [-0.2, 0) is 9.53 Å². The predicted molar refractivity (Wildman–Crippen MR) is 61.0 cm³/mol. The zero-order chi connectivity index (χ0) is 11.9. The summed E-state index contributed by atoms with van der Waals surface area (Å²) in [6, 6.07) is 0. The quantitative estimate of drug-likeness (QED) is 0.678. The molecule has 0 unspecified atom stereocenters. The van der Waals surface area contributed by atoms with Crippen LogP contribution >= 0.6 is 0 Å². The van der Waals surface area contributed by atoms with E-state index in [9.17, 15) is 4.79 Å². The van der Waals surface area contributed by atoms with E-state index in [0.717, 1.165) is 19.4 Å². The molecule has 0 bridgehead atoms. The van der Waals surface area contributed by atoms with E-state index in [1.54, 1.807) is 0 Å². The minimum absolute atomic E-state index is 0.190. The Bertz CT molecular complexity index is 185. The van der Waals surface area contributed by atoms with Crippen LogP contribution < -0.4 is 0 Å². The highest BCUT2D eigenvalue weighted by molar-refractivity contribution is 5.66. The number of carbonyl (C=O) groups is 1. The lowest BCUT2D eigenvalue weighted by Gasteiger charge is -2.25. The van der Waals surface area contributed by atoms with Crippen molar-refractivity contribution in [3.05, 3.63) is 0 Å². The number of ether oxygens (including phenoxy) is 1. The Morgan fingerprint density at radius 3 is 2.47 bits per heavy atom. The molecule has 0 atom stereocenters. The Kier molecular flexibility index (Phi) is 6.57. The largest absolute Gasteiger partial charge is 0.481 e. The van der Waals surface area contributed by atoms with Gasteiger partial charge in [0.15, 0.2) is 0 Å². The Hall–Kier alpha value is -0.570. The summed E-state index contributed by atoms with van der Waals surface area (Å²) in [6.45, 7) is 9.14. The van der Waals surface area contributed by atoms with E-state index in [4.69, 9.17) is 9.84 Å². The number of aliphatic carboxylic acids is 1. The predicted octanol–water partition coefficient (Wildman–Crippen LogP) is 3.08. The molecule has 0 rings (SSSR count). The van der Waals surface area contributed by atoms with Gasteiger partial charge in [-0.3, -0.25) is 4.79 Å². The summed E-state index contributed by atoms with van der Waals surface area (Å²) >= 11 is 0. The maximum atomic E-state index is 10.3. The van der Waals surface area contributed by atoms with Gasteiger partial charge in [-0.15, -0.1) is 0 Å². The summed E-state index contributed by atoms with van der Waals surface area (Å²) in [5, 5.41) is 8.52. The number of hydrogen-bond acceptors (Lipinski definition) is 2. The van der Waals surface area contributed by atoms with Gasteiger partial charge in [-0.05, 0) is 39.0 Å². The Labute approximate surface area is 92.8 Å². The summed E-state index contributed by atoms with van der Waals surface area (Å²) in [6.07, 6.45) is 2.78. The molecule has 0 aliphatic rings. The van der Waals surface area contributed by atoms with Crippen molar-refractivity contribution < 1.29 is 14.6 Å². The summed E-state index contributed by atoms with van der Waals surface area (Å²) < 4.78 is 5.73. The van der Waals surface area contributed by atoms with E-state index < -0.39 is 5.97 Å². The van der Waals surface area contributed by atoms with Gasteiger partial charge in [-0.25, -0.2) is 0 Å². The van der Waals surface area contributed by atoms with Crippen LogP contribution in [0.25, 0.3) is 0 Å². The molecule has 0 heterocycles. The SMILES string of the molecule is CC(C)CCOC(C)(C)CCCC(=O)O. The summed E-state index contributed by atoms with van der Waals surface area (Å²) in [7, 11) is 0. The first-order chi connectivity index (χ1) is 6.83. The van der Waals surface area contributed by atoms with Gasteiger partial charge in [0.2, 0.25) is 0 Å². The fourth-order valence-corrected chi connectivity index (χ4v) is 1.31. The van der Waals surface area contributed by atoms with Crippen LogP contribution in [0.1, 0.15) is 53.4 Å². The molecule has 0 saturated heterocycles. The third-order valence-corrected chi connectivity index (χ3v) is 2.36. The molecule has 1 N–H and O–H groups in total. The molecule has 0 aliphatic heterocycles. The lowest BCUT2D eigenvalue weighted by Crippen LogP contribution is -2.25. The van der Waals surface area contributed by atoms with Crippen LogP contribution in [0.15, 0.2) is 0 Å². The number of carboxylic acid groups (broad SMARTS) is 1. The molecule has 0 aromatic carbocycles. The zero-order valence-electron chi connectivity index (χ0n) is 10.4. The van der Waals surface area contributed by atoms with E-state index in [1.165, 1.54) is 0 Å². The first kappa shape index (κ1) is 14.4. The topological polar surface area (TPSA) is 46.5 Å². The highest BCUT2D eigenvalue weighted by Gasteiger charge is 2.18. The molecule has 0 radical (unpaired) electrons. The van der Waals surface area contributed by atoms with Crippen LogP contribution in [0.3, 0.4) is 0 Å². The highest BCUT2D eigenvalue weighted by Crippen LogP contribution is 2.18. The monoisotopic (exact) mass is 216 g/mol. The molecule has 0 fully saturated rings. The summed E-state index contributed by atoms with van der Waals surface area (Å²) in [4.78, 5) is 10.3. The smallest absolute Gasteiger partial charge is 0.303 e. The van der Waals surface area contributed by atoms with Crippen molar-refractivity contribution >= 4 is 5.97 Å². The number of rotatable bonds is 8. The lowest BCUT2D eigenvalue weighted by atomic mass is 10.0. The molecular weight excluding hydrogens is 192 g/mol. The third kappa shape index (κ3) is 9.73. The average Bonchev–Trinajstić information content (AvgIpc) is 2.01. The van der Waals surface area contributed by atoms with Crippen molar-refractivity contribution in [2.24, 2.45) is 5.92 Å². The van der Waals surface area contributed by atoms with Crippen LogP contribution in [0.5, 0.6) is 0 Å². The van der Waals surface area contributed by atoms with Crippen LogP contribution in [0, 0.1) is 5.92 Å². The Morgan fingerprint density at radius 2 is 2.00 bits per heavy atom. The molecule has 3 nitrogen and oxygen atoms in total. The second-order valence-corrected chi connectivity index (χ2v) is 5.04. The Morgan fingerprint density at radius 1 is 1.40 bits per heavy atom. The van der Waals surface area contributed by atoms with Crippen LogP contribution in [-0.4, -0.2) is 23.3 Å². The summed E-state index contributed by atoms with van der Waals surface area (Å²) in [5.74, 6) is -0.0761. The van der Waals surface area contributed by atoms with E-state index in [1.807, 2.05) is 13.8 Å². The second-order valence-electron chi connectivity index (χ2n) is 5.04. The molecule has 3 heteroatoms. The van der Waals surface area contributed by atoms with Crippen molar-refractivity contribution in [1.29, 1.82) is 0 Å². The number of carboxylic acids is 1. The van der Waals surface area contributed by atoms with Crippen molar-refractivity contribution in [2.45, 2.75) is 59.0 Å². The molecule has 15 heavy (non-hydrogen) atoms. The number of hydrogen-bond donors (Lipinski definition) is 1. The van der Waals surface area contributed by atoms with Crippen molar-refractivity contribution in [3.8, 4) is 0 Å². The van der Waals surface area contributed by atoms with Gasteiger partial charge >= 0.3 is 5.97 Å². The third-order valence-electron chi connectivity index (χ3n) is 2.36. The Balaban J connectivity index is 3.62. The van der Waals surface area contributed by atoms with E-state index >= 15 is 0 Å². The van der Waals surface area contributed by atoms with Crippen LogP contribution in [0.4, 0.5) is 0 Å². The van der Waals surface area contributed by atoms with Gasteiger partial charge in [-0.1, -0.05) is 13.8 Å². The van der Waals surface area contributed by atoms with Gasteiger partial charge < -0.3 is 9.84 Å². The fraction of sp³-hybridized carbons (Fsp3) is 0.917. The maximum Gasteiger partial charge on any atom is 0.303 e. The fourth-order valence-electron chi connectivity index (χ4n) is 1.31. The molecular formula is C12H24O3. The highest BCUT2D eigenvalue weighted by atomic mass is 16.5. The van der Waals surface area contributed by atoms with Crippen molar-refractivity contribution in [2.75, 3.05) is 6.61 Å². The molecule has 0 amide bonds. The molecule has 0 spiro atoms. The zero-order valence-corrected chi connectivity index (χ0v) is 10.4. The van der Waals surface area contributed by atoms with Gasteiger partial charge in [0.05, 0.1) is 5.60 Å². The van der Waals surface area contributed by atoms with Gasteiger partial charge in [-0.2, -0.15) is 0 Å². The normalized spacial score (nSPS) is 12.1. The first-order valence-electron chi connectivity index (χ1n) is 5.69. The summed E-state index contributed by atoms with van der Waals surface area (Å²) in [5.41, 5.74) is -0.190. The second kappa shape index (κ2) is 6.83. The first-order valence-corrected chi connectivity index (χ1v) is 5.69.